The van der Waals surface area contributed by atoms with Crippen molar-refractivity contribution in [2.45, 2.75) is 20.3 Å². The molecular weight excluding hydrogens is 158 g/mol. The van der Waals surface area contributed by atoms with Crippen molar-refractivity contribution in [2.75, 3.05) is 5.32 Å². The second-order valence-electron chi connectivity index (χ2n) is 2.23. The van der Waals surface area contributed by atoms with Crippen LogP contribution in [0.2, 0.25) is 0 Å². The summed E-state index contributed by atoms with van der Waals surface area (Å²) in [7, 11) is 0. The average Bonchev–Trinajstić information content (AvgIpc) is 2.35. The molecule has 1 rings (SSSR count). The molecule has 0 bridgehead atoms. The van der Waals surface area contributed by atoms with E-state index in [9.17, 15) is 4.79 Å². The minimum Gasteiger partial charge on any atom is -0.317 e. The first kappa shape index (κ1) is 8.27. The number of anilines is 1. The van der Waals surface area contributed by atoms with E-state index >= 15 is 0 Å². The fraction of sp³-hybridized carbons (Fsp3) is 0.375. The Hall–Kier alpha value is -0.830. The highest BCUT2D eigenvalue weighted by Crippen LogP contribution is 2.19. The Bertz CT molecular complexity index is 254. The van der Waals surface area contributed by atoms with Crippen molar-refractivity contribution in [2.24, 2.45) is 0 Å². The Labute approximate surface area is 70.2 Å². The van der Waals surface area contributed by atoms with Gasteiger partial charge in [-0.1, -0.05) is 6.92 Å². The Balaban J connectivity index is 2.57. The molecule has 0 aliphatic heterocycles. The molecule has 1 amide bonds. The van der Waals surface area contributed by atoms with Crippen molar-refractivity contribution in [3.63, 3.8) is 0 Å². The predicted octanol–water partition coefficient (Wildman–Crippen LogP) is 2.21. The minimum absolute atomic E-state index is 0.0445. The first-order chi connectivity index (χ1) is 5.22. The number of carbonyl (C=O) groups is 1. The van der Waals surface area contributed by atoms with E-state index in [2.05, 4.69) is 11.4 Å². The molecule has 11 heavy (non-hydrogen) atoms. The lowest BCUT2D eigenvalue weighted by molar-refractivity contribution is -0.115. The van der Waals surface area contributed by atoms with Gasteiger partial charge >= 0.3 is 0 Å². The summed E-state index contributed by atoms with van der Waals surface area (Å²) in [4.78, 5) is 12.0. The van der Waals surface area contributed by atoms with Crippen LogP contribution >= 0.6 is 11.3 Å². The highest BCUT2D eigenvalue weighted by atomic mass is 32.1. The number of aryl methyl sites for hydroxylation is 1. The number of hydrogen-bond donors (Lipinski definition) is 1. The number of hydrogen-bond acceptors (Lipinski definition) is 2. The van der Waals surface area contributed by atoms with Gasteiger partial charge in [0.05, 0.1) is 0 Å². The topological polar surface area (TPSA) is 29.1 Å². The van der Waals surface area contributed by atoms with Crippen molar-refractivity contribution in [1.29, 1.82) is 0 Å². The molecule has 1 radical (unpaired) electrons. The number of rotatable bonds is 2. The maximum atomic E-state index is 10.9. The normalized spacial score (nSPS) is 9.64. The van der Waals surface area contributed by atoms with Gasteiger partial charge in [0.25, 0.3) is 0 Å². The fourth-order valence-electron chi connectivity index (χ4n) is 0.664. The van der Waals surface area contributed by atoms with Crippen molar-refractivity contribution in [1.82, 2.24) is 0 Å². The molecule has 2 nitrogen and oxygen atoms in total. The largest absolute Gasteiger partial charge is 0.317 e. The van der Waals surface area contributed by atoms with Crippen molar-refractivity contribution in [3.05, 3.63) is 17.0 Å². The van der Waals surface area contributed by atoms with Crippen LogP contribution in [0, 0.1) is 13.0 Å². The lowest BCUT2D eigenvalue weighted by Gasteiger charge is -1.96. The number of carbonyl (C=O) groups excluding carboxylic acids is 1. The molecule has 0 aromatic carbocycles. The van der Waals surface area contributed by atoms with Crippen LogP contribution in [0.25, 0.3) is 0 Å². The SMILES string of the molecule is CCC(=O)Nc1[c]cc(C)s1. The number of amides is 1. The van der Waals surface area contributed by atoms with E-state index in [-0.39, 0.29) is 5.91 Å². The van der Waals surface area contributed by atoms with E-state index in [0.717, 1.165) is 9.88 Å². The zero-order chi connectivity index (χ0) is 8.27. The van der Waals surface area contributed by atoms with Gasteiger partial charge < -0.3 is 5.32 Å². The summed E-state index contributed by atoms with van der Waals surface area (Å²) in [6.45, 7) is 3.82. The van der Waals surface area contributed by atoms with E-state index in [1.165, 1.54) is 0 Å². The molecule has 0 unspecified atom stereocenters. The van der Waals surface area contributed by atoms with Crippen LogP contribution < -0.4 is 5.32 Å². The van der Waals surface area contributed by atoms with Gasteiger partial charge in [-0.25, -0.2) is 0 Å². The van der Waals surface area contributed by atoms with Crippen LogP contribution in [-0.4, -0.2) is 5.91 Å². The molecule has 0 saturated heterocycles. The smallest absolute Gasteiger partial charge is 0.224 e. The van der Waals surface area contributed by atoms with Crippen LogP contribution in [0.15, 0.2) is 6.07 Å². The van der Waals surface area contributed by atoms with Gasteiger partial charge in [0.15, 0.2) is 0 Å². The second kappa shape index (κ2) is 3.53. The highest BCUT2D eigenvalue weighted by Gasteiger charge is 2.00. The zero-order valence-corrected chi connectivity index (χ0v) is 7.42. The Morgan fingerprint density at radius 2 is 2.55 bits per heavy atom. The summed E-state index contributed by atoms with van der Waals surface area (Å²) in [5.74, 6) is 0.0445. The Kier molecular flexibility index (Phi) is 2.65. The molecule has 0 aliphatic rings. The van der Waals surface area contributed by atoms with Gasteiger partial charge in [0.2, 0.25) is 5.91 Å². The van der Waals surface area contributed by atoms with Crippen molar-refractivity contribution < 1.29 is 4.79 Å². The molecule has 3 heteroatoms. The van der Waals surface area contributed by atoms with Crippen LogP contribution in [-0.2, 0) is 4.79 Å². The third-order valence-corrected chi connectivity index (χ3v) is 2.11. The molecule has 1 heterocycles. The first-order valence-electron chi connectivity index (χ1n) is 3.50. The maximum absolute atomic E-state index is 10.9. The summed E-state index contributed by atoms with van der Waals surface area (Å²) in [6, 6.07) is 4.83. The number of nitrogens with one attached hydrogen (secondary N) is 1. The minimum atomic E-state index is 0.0445. The van der Waals surface area contributed by atoms with Crippen LogP contribution in [0.4, 0.5) is 5.00 Å². The van der Waals surface area contributed by atoms with Gasteiger partial charge in [0.1, 0.15) is 5.00 Å². The summed E-state index contributed by atoms with van der Waals surface area (Å²) in [5, 5.41) is 3.55. The van der Waals surface area contributed by atoms with E-state index in [0.29, 0.717) is 6.42 Å². The summed E-state index contributed by atoms with van der Waals surface area (Å²) < 4.78 is 0. The third kappa shape index (κ3) is 2.35. The fourth-order valence-corrected chi connectivity index (χ4v) is 1.39. The molecule has 1 aromatic heterocycles. The van der Waals surface area contributed by atoms with Crippen molar-refractivity contribution in [3.8, 4) is 0 Å². The third-order valence-electron chi connectivity index (χ3n) is 1.24. The molecule has 0 aliphatic carbocycles. The van der Waals surface area contributed by atoms with Crippen LogP contribution in [0.5, 0.6) is 0 Å². The van der Waals surface area contributed by atoms with E-state index in [1.807, 2.05) is 19.9 Å². The van der Waals surface area contributed by atoms with Gasteiger partial charge in [-0.3, -0.25) is 4.79 Å². The number of thiophene rings is 1. The Morgan fingerprint density at radius 3 is 3.00 bits per heavy atom. The quantitative estimate of drug-likeness (QED) is 0.720. The maximum Gasteiger partial charge on any atom is 0.224 e. The van der Waals surface area contributed by atoms with Crippen LogP contribution in [0.3, 0.4) is 0 Å². The molecule has 1 aromatic rings. The van der Waals surface area contributed by atoms with Gasteiger partial charge in [-0.15, -0.1) is 11.3 Å². The molecule has 0 atom stereocenters. The monoisotopic (exact) mass is 168 g/mol. The molecular formula is C8H10NOS. The molecule has 0 spiro atoms. The predicted molar refractivity (Wildman–Crippen MR) is 46.8 cm³/mol. The zero-order valence-electron chi connectivity index (χ0n) is 6.60. The van der Waals surface area contributed by atoms with E-state index in [1.54, 1.807) is 11.3 Å². The van der Waals surface area contributed by atoms with E-state index < -0.39 is 0 Å². The molecule has 59 valence electrons. The highest BCUT2D eigenvalue weighted by molar-refractivity contribution is 7.16. The summed E-state index contributed by atoms with van der Waals surface area (Å²) >= 11 is 1.54. The van der Waals surface area contributed by atoms with Crippen LogP contribution in [0.1, 0.15) is 18.2 Å². The molecule has 0 fully saturated rings. The molecule has 0 saturated carbocycles. The van der Waals surface area contributed by atoms with Gasteiger partial charge in [-0.05, 0) is 13.0 Å². The van der Waals surface area contributed by atoms with Crippen molar-refractivity contribution >= 4 is 22.2 Å². The molecule has 1 N–H and O–H groups in total. The van der Waals surface area contributed by atoms with Gasteiger partial charge in [0, 0.05) is 17.4 Å². The Morgan fingerprint density at radius 1 is 1.82 bits per heavy atom. The standard InChI is InChI=1S/C8H10NOS/c1-3-7(10)9-8-5-4-6(2)11-8/h4H,3H2,1-2H3,(H,9,10). The second-order valence-corrected chi connectivity index (χ2v) is 3.49. The lowest BCUT2D eigenvalue weighted by atomic mass is 10.4. The van der Waals surface area contributed by atoms with Gasteiger partial charge in [-0.2, -0.15) is 0 Å². The average molecular weight is 168 g/mol. The summed E-state index contributed by atoms with van der Waals surface area (Å²) in [6.07, 6.45) is 0.519. The summed E-state index contributed by atoms with van der Waals surface area (Å²) in [5.41, 5.74) is 0. The lowest BCUT2D eigenvalue weighted by Crippen LogP contribution is -2.07. The first-order valence-corrected chi connectivity index (χ1v) is 4.32. The van der Waals surface area contributed by atoms with E-state index in [4.69, 9.17) is 0 Å².